The molecule has 0 fully saturated rings. The number of anilines is 1. The minimum atomic E-state index is -0.922. The summed E-state index contributed by atoms with van der Waals surface area (Å²) in [5.41, 5.74) is 1.38. The van der Waals surface area contributed by atoms with Crippen molar-refractivity contribution in [1.82, 2.24) is 5.32 Å². The van der Waals surface area contributed by atoms with Crippen LogP contribution in [-0.4, -0.2) is 12.2 Å². The van der Waals surface area contributed by atoms with Crippen molar-refractivity contribution in [3.63, 3.8) is 0 Å². The molecule has 0 heterocycles. The zero-order valence-corrected chi connectivity index (χ0v) is 19.1. The van der Waals surface area contributed by atoms with Gasteiger partial charge in [-0.05, 0) is 53.4 Å². The fourth-order valence-electron chi connectivity index (χ4n) is 3.99. The predicted molar refractivity (Wildman–Crippen MR) is 130 cm³/mol. The van der Waals surface area contributed by atoms with Crippen molar-refractivity contribution >= 4 is 5.69 Å². The molecule has 0 aliphatic rings. The first kappa shape index (κ1) is 24.1. The van der Waals surface area contributed by atoms with E-state index >= 15 is 0 Å². The second kappa shape index (κ2) is 10.1. The van der Waals surface area contributed by atoms with Gasteiger partial charge in [-0.15, -0.1) is 0 Å². The lowest BCUT2D eigenvalue weighted by atomic mass is 9.92. The molecule has 35 heavy (non-hydrogen) atoms. The van der Waals surface area contributed by atoms with Crippen LogP contribution in [0.2, 0.25) is 0 Å². The third-order valence-corrected chi connectivity index (χ3v) is 6.02. The average molecular weight is 478 g/mol. The third kappa shape index (κ3) is 4.93. The Morgan fingerprint density at radius 1 is 0.914 bits per heavy atom. The molecular weight excluding hydrogens is 454 g/mol. The largest absolute Gasteiger partial charge is 0.502 e. The molecule has 2 unspecified atom stereocenters. The van der Waals surface area contributed by atoms with Gasteiger partial charge in [0.15, 0.2) is 17.4 Å². The standard InChI is InChI=1S/C27H24F2N2O4/c1-15(17-9-12-21(28)22(29)13-17)31-23(16-7-10-19(35-2)11-8-16)20-6-4-3-5-18(20)14-30-24-25(32)27(34)26(24)33/h3-13,15,23,30-32H,14H2,1-2H3. The normalized spacial score (nSPS) is 12.9. The Bertz CT molecular complexity index is 1410. The Morgan fingerprint density at radius 3 is 2.26 bits per heavy atom. The SMILES string of the molecule is COc1ccc(C(NC(C)c2ccc(F)c(F)c2)c2ccccc2CNc2c(O)c(=O)c2=O)cc1. The fraction of sp³-hybridized carbons (Fsp3) is 0.185. The molecule has 4 rings (SSSR count). The van der Waals surface area contributed by atoms with E-state index in [4.69, 9.17) is 4.74 Å². The van der Waals surface area contributed by atoms with E-state index in [1.54, 1.807) is 7.11 Å². The first-order valence-corrected chi connectivity index (χ1v) is 11.0. The first-order chi connectivity index (χ1) is 16.8. The maximum absolute atomic E-state index is 13.9. The highest BCUT2D eigenvalue weighted by Crippen LogP contribution is 2.31. The van der Waals surface area contributed by atoms with Crippen molar-refractivity contribution in [2.75, 3.05) is 12.4 Å². The summed E-state index contributed by atoms with van der Waals surface area (Å²) >= 11 is 0. The molecule has 180 valence electrons. The van der Waals surface area contributed by atoms with E-state index in [1.165, 1.54) is 12.1 Å². The molecular formula is C27H24F2N2O4. The van der Waals surface area contributed by atoms with E-state index in [0.29, 0.717) is 11.3 Å². The Labute approximate surface area is 200 Å². The lowest BCUT2D eigenvalue weighted by molar-refractivity contribution is 0.414. The highest BCUT2D eigenvalue weighted by Gasteiger charge is 2.23. The van der Waals surface area contributed by atoms with Crippen LogP contribution in [0.25, 0.3) is 0 Å². The zero-order chi connectivity index (χ0) is 25.1. The average Bonchev–Trinajstić information content (AvgIpc) is 2.89. The summed E-state index contributed by atoms with van der Waals surface area (Å²) in [6.07, 6.45) is 0. The summed E-state index contributed by atoms with van der Waals surface area (Å²) < 4.78 is 32.6. The molecule has 0 spiro atoms. The van der Waals surface area contributed by atoms with Crippen LogP contribution in [0.4, 0.5) is 14.5 Å². The zero-order valence-electron chi connectivity index (χ0n) is 19.1. The van der Waals surface area contributed by atoms with Gasteiger partial charge in [-0.3, -0.25) is 14.9 Å². The van der Waals surface area contributed by atoms with Gasteiger partial charge in [0, 0.05) is 12.6 Å². The van der Waals surface area contributed by atoms with Gasteiger partial charge in [0.25, 0.3) is 10.9 Å². The molecule has 0 aliphatic carbocycles. The molecule has 2 atom stereocenters. The van der Waals surface area contributed by atoms with Crippen LogP contribution >= 0.6 is 0 Å². The molecule has 4 aromatic rings. The minimum Gasteiger partial charge on any atom is -0.502 e. The second-order valence-electron chi connectivity index (χ2n) is 8.20. The summed E-state index contributed by atoms with van der Waals surface area (Å²) in [6, 6.07) is 18.0. The molecule has 0 saturated heterocycles. The van der Waals surface area contributed by atoms with Gasteiger partial charge in [0.05, 0.1) is 13.2 Å². The molecule has 0 aliphatic heterocycles. The van der Waals surface area contributed by atoms with Crippen LogP contribution in [-0.2, 0) is 6.54 Å². The molecule has 3 N–H and O–H groups in total. The molecule has 4 aromatic carbocycles. The summed E-state index contributed by atoms with van der Waals surface area (Å²) in [5.74, 6) is -1.71. The summed E-state index contributed by atoms with van der Waals surface area (Å²) in [6.45, 7) is 2.04. The topological polar surface area (TPSA) is 87.7 Å². The first-order valence-electron chi connectivity index (χ1n) is 11.0. The van der Waals surface area contributed by atoms with Crippen molar-refractivity contribution in [2.24, 2.45) is 0 Å². The number of methoxy groups -OCH3 is 1. The Morgan fingerprint density at radius 2 is 1.60 bits per heavy atom. The van der Waals surface area contributed by atoms with Crippen molar-refractivity contribution in [2.45, 2.75) is 25.6 Å². The minimum absolute atomic E-state index is 0.103. The van der Waals surface area contributed by atoms with E-state index in [-0.39, 0.29) is 24.3 Å². The maximum Gasteiger partial charge on any atom is 0.271 e. The van der Waals surface area contributed by atoms with E-state index in [2.05, 4.69) is 10.6 Å². The van der Waals surface area contributed by atoms with E-state index in [1.807, 2.05) is 55.5 Å². The number of nitrogens with one attached hydrogen (secondary N) is 2. The number of hydrogen-bond donors (Lipinski definition) is 3. The van der Waals surface area contributed by atoms with Crippen molar-refractivity contribution < 1.29 is 18.6 Å². The number of aromatic hydroxyl groups is 1. The molecule has 0 aromatic heterocycles. The lowest BCUT2D eigenvalue weighted by Crippen LogP contribution is -2.33. The molecule has 0 saturated carbocycles. The Balaban J connectivity index is 1.68. The van der Waals surface area contributed by atoms with Gasteiger partial charge in [0.1, 0.15) is 11.4 Å². The number of benzene rings is 3. The summed E-state index contributed by atoms with van der Waals surface area (Å²) in [4.78, 5) is 23.1. The van der Waals surface area contributed by atoms with Crippen molar-refractivity contribution in [3.8, 4) is 11.5 Å². The van der Waals surface area contributed by atoms with Crippen LogP contribution in [0.3, 0.4) is 0 Å². The van der Waals surface area contributed by atoms with Crippen LogP contribution in [0.15, 0.2) is 76.3 Å². The summed E-state index contributed by atoms with van der Waals surface area (Å²) in [5, 5.41) is 16.0. The quantitative estimate of drug-likeness (QED) is 0.311. The van der Waals surface area contributed by atoms with Crippen molar-refractivity contribution in [1.29, 1.82) is 0 Å². The van der Waals surface area contributed by atoms with Gasteiger partial charge in [-0.1, -0.05) is 42.5 Å². The number of halogens is 2. The van der Waals surface area contributed by atoms with Gasteiger partial charge >= 0.3 is 0 Å². The molecule has 8 heteroatoms. The number of hydrogen-bond acceptors (Lipinski definition) is 6. The number of ether oxygens (including phenoxy) is 1. The smallest absolute Gasteiger partial charge is 0.271 e. The van der Waals surface area contributed by atoms with Crippen LogP contribution in [0.1, 0.15) is 41.3 Å². The molecule has 0 radical (unpaired) electrons. The molecule has 0 amide bonds. The monoisotopic (exact) mass is 478 g/mol. The predicted octanol–water partition coefficient (Wildman–Crippen LogP) is 4.33. The highest BCUT2D eigenvalue weighted by molar-refractivity contribution is 5.61. The Kier molecular flexibility index (Phi) is 6.93. The Hall–Kier alpha value is -4.04. The molecule has 6 nitrogen and oxygen atoms in total. The maximum atomic E-state index is 13.9. The van der Waals surface area contributed by atoms with Gasteiger partial charge < -0.3 is 15.2 Å². The fourth-order valence-corrected chi connectivity index (χ4v) is 3.99. The lowest BCUT2D eigenvalue weighted by Gasteiger charge is -2.27. The second-order valence-corrected chi connectivity index (χ2v) is 8.20. The summed E-state index contributed by atoms with van der Waals surface area (Å²) in [7, 11) is 1.58. The van der Waals surface area contributed by atoms with Crippen LogP contribution in [0.5, 0.6) is 11.5 Å². The van der Waals surface area contributed by atoms with Gasteiger partial charge in [0.2, 0.25) is 0 Å². The van der Waals surface area contributed by atoms with Crippen molar-refractivity contribution in [3.05, 3.63) is 121 Å². The van der Waals surface area contributed by atoms with Crippen LogP contribution < -0.4 is 26.2 Å². The number of rotatable bonds is 9. The highest BCUT2D eigenvalue weighted by atomic mass is 19.2. The van der Waals surface area contributed by atoms with E-state index in [9.17, 15) is 23.5 Å². The van der Waals surface area contributed by atoms with Gasteiger partial charge in [-0.25, -0.2) is 8.78 Å². The van der Waals surface area contributed by atoms with Crippen LogP contribution in [0, 0.1) is 11.6 Å². The third-order valence-electron chi connectivity index (χ3n) is 6.02. The van der Waals surface area contributed by atoms with E-state index in [0.717, 1.165) is 22.8 Å². The van der Waals surface area contributed by atoms with Gasteiger partial charge in [-0.2, -0.15) is 0 Å². The molecule has 0 bridgehead atoms. The van der Waals surface area contributed by atoms with E-state index < -0.39 is 28.2 Å².